The van der Waals surface area contributed by atoms with E-state index in [1.807, 2.05) is 12.1 Å². The van der Waals surface area contributed by atoms with Crippen molar-refractivity contribution in [1.29, 1.82) is 0 Å². The fourth-order valence-corrected chi connectivity index (χ4v) is 2.22. The number of hydrazone groups is 1. The number of rotatable bonds is 6. The van der Waals surface area contributed by atoms with Crippen LogP contribution in [-0.4, -0.2) is 18.9 Å². The van der Waals surface area contributed by atoms with Crippen LogP contribution in [-0.2, 0) is 4.79 Å². The van der Waals surface area contributed by atoms with Gasteiger partial charge in [0.05, 0.1) is 6.21 Å². The van der Waals surface area contributed by atoms with Crippen molar-refractivity contribution >= 4 is 28.1 Å². The lowest BCUT2D eigenvalue weighted by molar-refractivity contribution is -0.121. The Morgan fingerprint density at radius 1 is 1.40 bits per heavy atom. The van der Waals surface area contributed by atoms with Gasteiger partial charge in [-0.1, -0.05) is 19.8 Å². The standard InChI is InChI=1S/C14H17BrN2O3/c1-2-3-4-5-14(18)17-16-8-10-6-12-13(7-11(10)15)20-9-19-12/h6-8H,2-5,9H2,1H3,(H,17,18). The van der Waals surface area contributed by atoms with Gasteiger partial charge in [0.1, 0.15) is 0 Å². The first-order chi connectivity index (χ1) is 9.70. The molecule has 20 heavy (non-hydrogen) atoms. The molecule has 0 fully saturated rings. The Morgan fingerprint density at radius 2 is 2.15 bits per heavy atom. The molecule has 2 rings (SSSR count). The molecule has 0 spiro atoms. The first kappa shape index (κ1) is 14.8. The van der Waals surface area contributed by atoms with Crippen LogP contribution in [0.3, 0.4) is 0 Å². The molecule has 1 amide bonds. The minimum absolute atomic E-state index is 0.0634. The number of ether oxygens (including phenoxy) is 2. The Morgan fingerprint density at radius 3 is 2.90 bits per heavy atom. The van der Waals surface area contributed by atoms with Crippen LogP contribution in [0.15, 0.2) is 21.7 Å². The Bertz CT molecular complexity index is 517. The topological polar surface area (TPSA) is 59.9 Å². The summed E-state index contributed by atoms with van der Waals surface area (Å²) in [5, 5.41) is 3.96. The summed E-state index contributed by atoms with van der Waals surface area (Å²) in [6.45, 7) is 2.34. The summed E-state index contributed by atoms with van der Waals surface area (Å²) in [6.07, 6.45) is 5.15. The van der Waals surface area contributed by atoms with Crippen LogP contribution >= 0.6 is 15.9 Å². The second-order valence-electron chi connectivity index (χ2n) is 4.48. The first-order valence-electron chi connectivity index (χ1n) is 6.61. The molecule has 0 radical (unpaired) electrons. The molecule has 0 aromatic heterocycles. The molecule has 0 aliphatic carbocycles. The maximum absolute atomic E-state index is 11.5. The van der Waals surface area contributed by atoms with Crippen molar-refractivity contribution in [2.75, 3.05) is 6.79 Å². The molecular formula is C14H17BrN2O3. The molecule has 0 saturated carbocycles. The number of hydrogen-bond donors (Lipinski definition) is 1. The van der Waals surface area contributed by atoms with Crippen LogP contribution in [0.2, 0.25) is 0 Å². The average Bonchev–Trinajstić information content (AvgIpc) is 2.86. The molecule has 1 aliphatic rings. The Balaban J connectivity index is 1.90. The highest BCUT2D eigenvalue weighted by atomic mass is 79.9. The van der Waals surface area contributed by atoms with Crippen molar-refractivity contribution in [3.8, 4) is 11.5 Å². The van der Waals surface area contributed by atoms with Crippen LogP contribution in [0, 0.1) is 0 Å². The predicted octanol–water partition coefficient (Wildman–Crippen LogP) is 3.21. The van der Waals surface area contributed by atoms with E-state index in [4.69, 9.17) is 9.47 Å². The van der Waals surface area contributed by atoms with Gasteiger partial charge >= 0.3 is 0 Å². The van der Waals surface area contributed by atoms with Gasteiger partial charge in [0.25, 0.3) is 0 Å². The quantitative estimate of drug-likeness (QED) is 0.491. The highest BCUT2D eigenvalue weighted by Crippen LogP contribution is 2.36. The zero-order valence-corrected chi connectivity index (χ0v) is 12.9. The third-order valence-corrected chi connectivity index (χ3v) is 3.58. The number of amides is 1. The van der Waals surface area contributed by atoms with Crippen molar-refractivity contribution < 1.29 is 14.3 Å². The number of unbranched alkanes of at least 4 members (excludes halogenated alkanes) is 2. The normalized spacial score (nSPS) is 12.9. The Labute approximate surface area is 126 Å². The number of nitrogens with zero attached hydrogens (tertiary/aromatic N) is 1. The molecule has 0 unspecified atom stereocenters. The minimum atomic E-state index is -0.0634. The van der Waals surface area contributed by atoms with Gasteiger partial charge in [-0.05, 0) is 34.5 Å². The van der Waals surface area contributed by atoms with Crippen molar-refractivity contribution in [3.63, 3.8) is 0 Å². The van der Waals surface area contributed by atoms with Crippen LogP contribution in [0.25, 0.3) is 0 Å². The lowest BCUT2D eigenvalue weighted by Crippen LogP contribution is -2.16. The van der Waals surface area contributed by atoms with E-state index < -0.39 is 0 Å². The maximum atomic E-state index is 11.5. The van der Waals surface area contributed by atoms with E-state index in [-0.39, 0.29) is 12.7 Å². The maximum Gasteiger partial charge on any atom is 0.240 e. The van der Waals surface area contributed by atoms with E-state index in [1.54, 1.807) is 6.21 Å². The second-order valence-corrected chi connectivity index (χ2v) is 5.33. The molecule has 5 nitrogen and oxygen atoms in total. The molecule has 6 heteroatoms. The molecule has 108 valence electrons. The van der Waals surface area contributed by atoms with Gasteiger partial charge in [-0.15, -0.1) is 0 Å². The van der Waals surface area contributed by atoms with E-state index in [0.717, 1.165) is 29.3 Å². The fourth-order valence-electron chi connectivity index (χ4n) is 1.80. The number of benzene rings is 1. The number of nitrogens with one attached hydrogen (secondary N) is 1. The number of hydrogen-bond acceptors (Lipinski definition) is 4. The summed E-state index contributed by atoms with van der Waals surface area (Å²) in [5.74, 6) is 1.33. The largest absolute Gasteiger partial charge is 0.454 e. The van der Waals surface area contributed by atoms with E-state index in [0.29, 0.717) is 17.9 Å². The second kappa shape index (κ2) is 7.28. The third kappa shape index (κ3) is 3.96. The van der Waals surface area contributed by atoms with E-state index in [2.05, 4.69) is 33.4 Å². The van der Waals surface area contributed by atoms with Gasteiger partial charge in [0.2, 0.25) is 12.7 Å². The molecule has 1 aromatic rings. The number of carbonyl (C=O) groups is 1. The van der Waals surface area contributed by atoms with Crippen molar-refractivity contribution in [1.82, 2.24) is 5.43 Å². The van der Waals surface area contributed by atoms with Crippen LogP contribution < -0.4 is 14.9 Å². The molecule has 0 bridgehead atoms. The Hall–Kier alpha value is -1.56. The smallest absolute Gasteiger partial charge is 0.240 e. The SMILES string of the molecule is CCCCCC(=O)NN=Cc1cc2c(cc1Br)OCO2. The van der Waals surface area contributed by atoms with Gasteiger partial charge in [-0.2, -0.15) is 5.10 Å². The highest BCUT2D eigenvalue weighted by Gasteiger charge is 2.15. The van der Waals surface area contributed by atoms with Gasteiger partial charge in [0, 0.05) is 16.5 Å². The molecule has 1 aromatic carbocycles. The van der Waals surface area contributed by atoms with Gasteiger partial charge in [-0.3, -0.25) is 4.79 Å². The van der Waals surface area contributed by atoms with Crippen LogP contribution in [0.1, 0.15) is 38.2 Å². The number of fused-ring (bicyclic) bond motifs is 1. The molecule has 1 heterocycles. The van der Waals surface area contributed by atoms with Gasteiger partial charge < -0.3 is 9.47 Å². The lowest BCUT2D eigenvalue weighted by Gasteiger charge is -2.02. The molecule has 1 aliphatic heterocycles. The first-order valence-corrected chi connectivity index (χ1v) is 7.41. The monoisotopic (exact) mass is 340 g/mol. The summed E-state index contributed by atoms with van der Waals surface area (Å²) in [7, 11) is 0. The number of halogens is 1. The fraction of sp³-hybridized carbons (Fsp3) is 0.429. The van der Waals surface area contributed by atoms with Crippen LogP contribution in [0.4, 0.5) is 0 Å². The van der Waals surface area contributed by atoms with Gasteiger partial charge in [0.15, 0.2) is 11.5 Å². The highest BCUT2D eigenvalue weighted by molar-refractivity contribution is 9.10. The summed E-state index contributed by atoms with van der Waals surface area (Å²) in [5.41, 5.74) is 3.34. The molecule has 0 atom stereocenters. The summed E-state index contributed by atoms with van der Waals surface area (Å²) in [4.78, 5) is 11.5. The zero-order chi connectivity index (χ0) is 14.4. The number of carbonyl (C=O) groups excluding carboxylic acids is 1. The van der Waals surface area contributed by atoms with Crippen molar-refractivity contribution in [3.05, 3.63) is 22.2 Å². The zero-order valence-electron chi connectivity index (χ0n) is 11.3. The summed E-state index contributed by atoms with van der Waals surface area (Å²) < 4.78 is 11.4. The van der Waals surface area contributed by atoms with E-state index in [1.165, 1.54) is 0 Å². The van der Waals surface area contributed by atoms with E-state index in [9.17, 15) is 4.79 Å². The minimum Gasteiger partial charge on any atom is -0.454 e. The van der Waals surface area contributed by atoms with E-state index >= 15 is 0 Å². The predicted molar refractivity (Wildman–Crippen MR) is 80.1 cm³/mol. The van der Waals surface area contributed by atoms with Crippen molar-refractivity contribution in [2.45, 2.75) is 32.6 Å². The van der Waals surface area contributed by atoms with Crippen LogP contribution in [0.5, 0.6) is 11.5 Å². The van der Waals surface area contributed by atoms with Gasteiger partial charge in [-0.25, -0.2) is 5.43 Å². The third-order valence-electron chi connectivity index (χ3n) is 2.89. The summed E-state index contributed by atoms with van der Waals surface area (Å²) in [6, 6.07) is 3.64. The average molecular weight is 341 g/mol. The molecule has 1 N–H and O–H groups in total. The lowest BCUT2D eigenvalue weighted by atomic mass is 10.2. The Kier molecular flexibility index (Phi) is 5.40. The molecular weight excluding hydrogens is 324 g/mol. The summed E-state index contributed by atoms with van der Waals surface area (Å²) >= 11 is 3.43. The molecule has 0 saturated heterocycles. The van der Waals surface area contributed by atoms with Crippen molar-refractivity contribution in [2.24, 2.45) is 5.10 Å².